The summed E-state index contributed by atoms with van der Waals surface area (Å²) in [6.07, 6.45) is 5.87. The molecule has 0 aromatic heterocycles. The van der Waals surface area contributed by atoms with Crippen LogP contribution in [-0.4, -0.2) is 24.5 Å². The Morgan fingerprint density at radius 1 is 1.19 bits per heavy atom. The topological polar surface area (TPSA) is 41.1 Å². The first-order chi connectivity index (χ1) is 7.68. The SMILES string of the molecule is CC1CCCC(NC(=O)[C@H]2CCCN2)C1C. The van der Waals surface area contributed by atoms with Gasteiger partial charge in [0.15, 0.2) is 0 Å². The van der Waals surface area contributed by atoms with Crippen LogP contribution in [0.2, 0.25) is 0 Å². The van der Waals surface area contributed by atoms with Gasteiger partial charge in [-0.3, -0.25) is 4.79 Å². The predicted molar refractivity (Wildman–Crippen MR) is 65.1 cm³/mol. The third-order valence-electron chi connectivity index (χ3n) is 4.41. The fourth-order valence-electron chi connectivity index (χ4n) is 2.98. The number of amides is 1. The van der Waals surface area contributed by atoms with Crippen LogP contribution < -0.4 is 10.6 Å². The Balaban J connectivity index is 1.85. The molecule has 1 amide bonds. The van der Waals surface area contributed by atoms with Crippen LogP contribution in [0.15, 0.2) is 0 Å². The van der Waals surface area contributed by atoms with E-state index in [4.69, 9.17) is 0 Å². The van der Waals surface area contributed by atoms with Crippen LogP contribution >= 0.6 is 0 Å². The largest absolute Gasteiger partial charge is 0.352 e. The number of nitrogens with one attached hydrogen (secondary N) is 2. The number of carbonyl (C=O) groups is 1. The van der Waals surface area contributed by atoms with Gasteiger partial charge in [-0.1, -0.05) is 26.7 Å². The summed E-state index contributed by atoms with van der Waals surface area (Å²) >= 11 is 0. The summed E-state index contributed by atoms with van der Waals surface area (Å²) in [5.74, 6) is 1.60. The van der Waals surface area contributed by atoms with Crippen molar-refractivity contribution in [1.29, 1.82) is 0 Å². The van der Waals surface area contributed by atoms with Crippen molar-refractivity contribution < 1.29 is 4.79 Å². The number of carbonyl (C=O) groups excluding carboxylic acids is 1. The van der Waals surface area contributed by atoms with Crippen LogP contribution in [0.1, 0.15) is 46.0 Å². The van der Waals surface area contributed by atoms with E-state index in [1.54, 1.807) is 0 Å². The summed E-state index contributed by atoms with van der Waals surface area (Å²) in [7, 11) is 0. The fourth-order valence-corrected chi connectivity index (χ4v) is 2.98. The van der Waals surface area contributed by atoms with Gasteiger partial charge in [0.2, 0.25) is 5.91 Å². The van der Waals surface area contributed by atoms with Crippen LogP contribution in [0.4, 0.5) is 0 Å². The highest BCUT2D eigenvalue weighted by molar-refractivity contribution is 5.82. The van der Waals surface area contributed by atoms with Crippen LogP contribution in [0, 0.1) is 11.8 Å². The van der Waals surface area contributed by atoms with Crippen molar-refractivity contribution in [3.05, 3.63) is 0 Å². The molecule has 0 radical (unpaired) electrons. The summed E-state index contributed by atoms with van der Waals surface area (Å²) in [5, 5.41) is 6.50. The summed E-state index contributed by atoms with van der Waals surface area (Å²) in [6, 6.07) is 0.475. The second kappa shape index (κ2) is 5.17. The quantitative estimate of drug-likeness (QED) is 0.749. The van der Waals surface area contributed by atoms with Gasteiger partial charge in [-0.15, -0.1) is 0 Å². The number of rotatable bonds is 2. The van der Waals surface area contributed by atoms with Crippen LogP contribution in [-0.2, 0) is 4.79 Å². The molecule has 4 atom stereocenters. The molecule has 2 fully saturated rings. The average Bonchev–Trinajstić information content (AvgIpc) is 2.78. The van der Waals surface area contributed by atoms with Gasteiger partial charge in [0, 0.05) is 6.04 Å². The molecule has 1 saturated carbocycles. The average molecular weight is 224 g/mol. The van der Waals surface area contributed by atoms with Gasteiger partial charge in [0.1, 0.15) is 0 Å². The molecule has 2 N–H and O–H groups in total. The molecular formula is C13H24N2O. The minimum atomic E-state index is 0.0735. The van der Waals surface area contributed by atoms with E-state index in [1.165, 1.54) is 12.8 Å². The molecule has 0 aromatic carbocycles. The van der Waals surface area contributed by atoms with Crippen molar-refractivity contribution in [2.75, 3.05) is 6.54 Å². The first-order valence-corrected chi connectivity index (χ1v) is 6.72. The molecule has 2 rings (SSSR count). The van der Waals surface area contributed by atoms with E-state index in [-0.39, 0.29) is 11.9 Å². The van der Waals surface area contributed by atoms with Gasteiger partial charge < -0.3 is 10.6 Å². The van der Waals surface area contributed by atoms with Gasteiger partial charge in [0.25, 0.3) is 0 Å². The molecule has 0 spiro atoms. The van der Waals surface area contributed by atoms with Gasteiger partial charge in [-0.2, -0.15) is 0 Å². The van der Waals surface area contributed by atoms with Crippen LogP contribution in [0.5, 0.6) is 0 Å². The maximum atomic E-state index is 12.0. The van der Waals surface area contributed by atoms with E-state index in [0.717, 1.165) is 31.7 Å². The molecule has 1 saturated heterocycles. The molecule has 0 bridgehead atoms. The lowest BCUT2D eigenvalue weighted by Crippen LogP contribution is -2.49. The maximum Gasteiger partial charge on any atom is 0.237 e. The van der Waals surface area contributed by atoms with Crippen molar-refractivity contribution in [1.82, 2.24) is 10.6 Å². The highest BCUT2D eigenvalue weighted by Gasteiger charge is 2.30. The van der Waals surface area contributed by atoms with Gasteiger partial charge >= 0.3 is 0 Å². The summed E-state index contributed by atoms with van der Waals surface area (Å²) < 4.78 is 0. The van der Waals surface area contributed by atoms with Gasteiger partial charge in [0.05, 0.1) is 6.04 Å². The molecule has 1 heterocycles. The lowest BCUT2D eigenvalue weighted by Gasteiger charge is -2.35. The van der Waals surface area contributed by atoms with E-state index >= 15 is 0 Å². The Bertz CT molecular complexity index is 248. The highest BCUT2D eigenvalue weighted by Crippen LogP contribution is 2.29. The Hall–Kier alpha value is -0.570. The Morgan fingerprint density at radius 3 is 2.69 bits per heavy atom. The molecule has 16 heavy (non-hydrogen) atoms. The Morgan fingerprint density at radius 2 is 2.00 bits per heavy atom. The Labute approximate surface area is 98.4 Å². The Kier molecular flexibility index (Phi) is 3.85. The van der Waals surface area contributed by atoms with Crippen molar-refractivity contribution in [2.24, 2.45) is 11.8 Å². The summed E-state index contributed by atoms with van der Waals surface area (Å²) in [4.78, 5) is 12.0. The predicted octanol–water partition coefficient (Wildman–Crippen LogP) is 1.68. The van der Waals surface area contributed by atoms with Gasteiger partial charge in [-0.25, -0.2) is 0 Å². The molecule has 1 aliphatic carbocycles. The molecule has 3 nitrogen and oxygen atoms in total. The normalized spacial score (nSPS) is 39.6. The first kappa shape index (κ1) is 11.9. The molecule has 2 aliphatic rings. The summed E-state index contributed by atoms with van der Waals surface area (Å²) in [5.41, 5.74) is 0. The smallest absolute Gasteiger partial charge is 0.237 e. The number of hydrogen-bond donors (Lipinski definition) is 2. The minimum absolute atomic E-state index is 0.0735. The fraction of sp³-hybridized carbons (Fsp3) is 0.923. The minimum Gasteiger partial charge on any atom is -0.352 e. The van der Waals surface area contributed by atoms with E-state index in [2.05, 4.69) is 24.5 Å². The van der Waals surface area contributed by atoms with E-state index < -0.39 is 0 Å². The van der Waals surface area contributed by atoms with Crippen molar-refractivity contribution in [3.63, 3.8) is 0 Å². The zero-order chi connectivity index (χ0) is 11.5. The van der Waals surface area contributed by atoms with E-state index in [1.807, 2.05) is 0 Å². The first-order valence-electron chi connectivity index (χ1n) is 6.72. The molecule has 1 aliphatic heterocycles. The third kappa shape index (κ3) is 2.57. The van der Waals surface area contributed by atoms with Crippen LogP contribution in [0.25, 0.3) is 0 Å². The molecule has 3 heteroatoms. The van der Waals surface area contributed by atoms with Crippen molar-refractivity contribution in [3.8, 4) is 0 Å². The monoisotopic (exact) mass is 224 g/mol. The lowest BCUT2D eigenvalue weighted by atomic mass is 9.78. The number of hydrogen-bond acceptors (Lipinski definition) is 2. The highest BCUT2D eigenvalue weighted by atomic mass is 16.2. The van der Waals surface area contributed by atoms with Gasteiger partial charge in [-0.05, 0) is 37.6 Å². The second-order valence-electron chi connectivity index (χ2n) is 5.53. The lowest BCUT2D eigenvalue weighted by molar-refractivity contribution is -0.124. The molecular weight excluding hydrogens is 200 g/mol. The van der Waals surface area contributed by atoms with Crippen molar-refractivity contribution >= 4 is 5.91 Å². The molecule has 0 aromatic rings. The molecule has 92 valence electrons. The standard InChI is InChI=1S/C13H24N2O/c1-9-5-3-6-11(10(9)2)15-13(16)12-7-4-8-14-12/h9-12,14H,3-8H2,1-2H3,(H,15,16)/t9?,10?,11?,12-/m1/s1. The van der Waals surface area contributed by atoms with Crippen molar-refractivity contribution in [2.45, 2.75) is 58.0 Å². The zero-order valence-electron chi connectivity index (χ0n) is 10.5. The van der Waals surface area contributed by atoms with E-state index in [0.29, 0.717) is 12.0 Å². The molecule has 3 unspecified atom stereocenters. The zero-order valence-corrected chi connectivity index (χ0v) is 10.5. The third-order valence-corrected chi connectivity index (χ3v) is 4.41. The second-order valence-corrected chi connectivity index (χ2v) is 5.53. The van der Waals surface area contributed by atoms with E-state index in [9.17, 15) is 4.79 Å². The maximum absolute atomic E-state index is 12.0. The van der Waals surface area contributed by atoms with Crippen LogP contribution in [0.3, 0.4) is 0 Å². The summed E-state index contributed by atoms with van der Waals surface area (Å²) in [6.45, 7) is 5.57.